The topological polar surface area (TPSA) is 59.4 Å². The molecule has 100 valence electrons. The minimum atomic E-state index is -0.0732. The molecule has 0 aliphatic carbocycles. The van der Waals surface area contributed by atoms with Crippen LogP contribution in [-0.4, -0.2) is 59.5 Å². The highest BCUT2D eigenvalue weighted by Gasteiger charge is 2.18. The summed E-state index contributed by atoms with van der Waals surface area (Å²) in [7, 11) is 1.76. The highest BCUT2D eigenvalue weighted by molar-refractivity contribution is 5.92. The first-order valence-electron chi connectivity index (χ1n) is 6.26. The molecule has 6 heteroatoms. The summed E-state index contributed by atoms with van der Waals surface area (Å²) in [6.07, 6.45) is 1.62. The van der Waals surface area contributed by atoms with E-state index in [9.17, 15) is 4.79 Å². The van der Waals surface area contributed by atoms with Crippen molar-refractivity contribution in [3.63, 3.8) is 0 Å². The molecule has 1 amide bonds. The molecule has 0 aromatic carbocycles. The van der Waals surface area contributed by atoms with Crippen molar-refractivity contribution in [2.45, 2.75) is 13.0 Å². The van der Waals surface area contributed by atoms with Crippen molar-refractivity contribution >= 4 is 5.91 Å². The maximum absolute atomic E-state index is 11.8. The lowest BCUT2D eigenvalue weighted by Crippen LogP contribution is -2.46. The smallest absolute Gasteiger partial charge is 0.269 e. The highest BCUT2D eigenvalue weighted by atomic mass is 16.5. The summed E-state index contributed by atoms with van der Waals surface area (Å²) >= 11 is 0. The van der Waals surface area contributed by atoms with Crippen LogP contribution in [0.1, 0.15) is 17.4 Å². The molecule has 1 fully saturated rings. The molecule has 1 aliphatic rings. The molecule has 1 unspecified atom stereocenters. The van der Waals surface area contributed by atoms with Crippen LogP contribution in [-0.2, 0) is 11.8 Å². The molecule has 0 saturated carbocycles. The summed E-state index contributed by atoms with van der Waals surface area (Å²) in [6, 6.07) is 2.14. The van der Waals surface area contributed by atoms with Gasteiger partial charge < -0.3 is 10.1 Å². The van der Waals surface area contributed by atoms with Crippen LogP contribution in [0.15, 0.2) is 12.3 Å². The fourth-order valence-electron chi connectivity index (χ4n) is 2.09. The lowest BCUT2D eigenvalue weighted by atomic mass is 10.2. The molecule has 2 heterocycles. The number of morpholine rings is 1. The zero-order valence-corrected chi connectivity index (χ0v) is 10.9. The first-order valence-corrected chi connectivity index (χ1v) is 6.26. The molecule has 18 heavy (non-hydrogen) atoms. The summed E-state index contributed by atoms with van der Waals surface area (Å²) in [5.41, 5.74) is 0.588. The molecular weight excluding hydrogens is 232 g/mol. The molecule has 1 atom stereocenters. The van der Waals surface area contributed by atoms with Crippen molar-refractivity contribution in [2.75, 3.05) is 32.8 Å². The van der Waals surface area contributed by atoms with Crippen LogP contribution in [0.5, 0.6) is 0 Å². The minimum Gasteiger partial charge on any atom is -0.379 e. The van der Waals surface area contributed by atoms with Crippen molar-refractivity contribution in [1.29, 1.82) is 0 Å². The van der Waals surface area contributed by atoms with Crippen LogP contribution in [0.2, 0.25) is 0 Å². The van der Waals surface area contributed by atoms with E-state index in [-0.39, 0.29) is 5.91 Å². The fraction of sp³-hybridized carbons (Fsp3) is 0.667. The van der Waals surface area contributed by atoms with E-state index in [0.29, 0.717) is 18.3 Å². The van der Waals surface area contributed by atoms with Gasteiger partial charge in [0.05, 0.1) is 13.2 Å². The predicted octanol–water partition coefficient (Wildman–Crippen LogP) is -0.129. The number of rotatable bonds is 4. The number of ether oxygens (including phenoxy) is 1. The van der Waals surface area contributed by atoms with Gasteiger partial charge in [0.1, 0.15) is 5.69 Å². The average molecular weight is 252 g/mol. The van der Waals surface area contributed by atoms with Gasteiger partial charge in [-0.05, 0) is 13.0 Å². The van der Waals surface area contributed by atoms with Crippen molar-refractivity contribution in [1.82, 2.24) is 20.0 Å². The second kappa shape index (κ2) is 5.97. The van der Waals surface area contributed by atoms with Gasteiger partial charge in [0, 0.05) is 38.9 Å². The summed E-state index contributed by atoms with van der Waals surface area (Å²) in [5, 5.41) is 6.89. The summed E-state index contributed by atoms with van der Waals surface area (Å²) in [4.78, 5) is 14.2. The number of carbonyl (C=O) groups excluding carboxylic acids is 1. The largest absolute Gasteiger partial charge is 0.379 e. The van der Waals surface area contributed by atoms with Gasteiger partial charge >= 0.3 is 0 Å². The fourth-order valence-corrected chi connectivity index (χ4v) is 2.09. The third-order valence-electron chi connectivity index (χ3n) is 3.24. The normalized spacial score (nSPS) is 20.9. The molecule has 1 N–H and O–H groups in total. The Labute approximate surface area is 107 Å². The van der Waals surface area contributed by atoms with E-state index in [1.807, 2.05) is 0 Å². The lowest BCUT2D eigenvalue weighted by molar-refractivity contribution is 0.000531. The van der Waals surface area contributed by atoms with Crippen molar-refractivity contribution in [3.8, 4) is 0 Å². The second-order valence-electron chi connectivity index (χ2n) is 4.56. The monoisotopic (exact) mass is 252 g/mol. The Balaban J connectivity index is 1.75. The number of amides is 1. The molecule has 0 bridgehead atoms. The van der Waals surface area contributed by atoms with E-state index >= 15 is 0 Å². The van der Waals surface area contributed by atoms with Gasteiger partial charge in [-0.2, -0.15) is 5.10 Å². The van der Waals surface area contributed by atoms with Crippen LogP contribution in [0.4, 0.5) is 0 Å². The molecule has 1 aromatic rings. The van der Waals surface area contributed by atoms with E-state index in [1.165, 1.54) is 0 Å². The van der Waals surface area contributed by atoms with Crippen LogP contribution in [0.3, 0.4) is 0 Å². The molecule has 0 spiro atoms. The van der Waals surface area contributed by atoms with Crippen molar-refractivity contribution in [3.05, 3.63) is 18.0 Å². The Morgan fingerprint density at radius 3 is 3.17 bits per heavy atom. The maximum Gasteiger partial charge on any atom is 0.269 e. The molecule has 1 aliphatic heterocycles. The van der Waals surface area contributed by atoms with Crippen molar-refractivity contribution < 1.29 is 9.53 Å². The number of hydrogen-bond donors (Lipinski definition) is 1. The number of hydrogen-bond acceptors (Lipinski definition) is 4. The van der Waals surface area contributed by atoms with Gasteiger partial charge in [0.15, 0.2) is 0 Å². The number of aromatic nitrogens is 2. The van der Waals surface area contributed by atoms with Gasteiger partial charge in [-0.15, -0.1) is 0 Å². The molecular formula is C12H20N4O2. The van der Waals surface area contributed by atoms with Crippen LogP contribution in [0.25, 0.3) is 0 Å². The second-order valence-corrected chi connectivity index (χ2v) is 4.56. The standard InChI is InChI=1S/C12H20N4O2/c1-10-9-18-8-7-16(10)6-5-13-12(17)11-3-4-14-15(11)2/h3-4,10H,5-9H2,1-2H3,(H,13,17). The van der Waals surface area contributed by atoms with E-state index in [2.05, 4.69) is 22.2 Å². The Bertz CT molecular complexity index is 405. The van der Waals surface area contributed by atoms with E-state index < -0.39 is 0 Å². The number of nitrogens with one attached hydrogen (secondary N) is 1. The molecule has 6 nitrogen and oxygen atoms in total. The number of carbonyl (C=O) groups is 1. The summed E-state index contributed by atoms with van der Waals surface area (Å²) < 4.78 is 6.95. The zero-order chi connectivity index (χ0) is 13.0. The van der Waals surface area contributed by atoms with Gasteiger partial charge in [0.2, 0.25) is 0 Å². The van der Waals surface area contributed by atoms with E-state index in [4.69, 9.17) is 4.74 Å². The maximum atomic E-state index is 11.8. The predicted molar refractivity (Wildman–Crippen MR) is 67.4 cm³/mol. The summed E-state index contributed by atoms with van der Waals surface area (Å²) in [5.74, 6) is -0.0732. The summed E-state index contributed by atoms with van der Waals surface area (Å²) in [6.45, 7) is 6.13. The minimum absolute atomic E-state index is 0.0732. The zero-order valence-electron chi connectivity index (χ0n) is 10.9. The molecule has 1 saturated heterocycles. The Morgan fingerprint density at radius 2 is 2.50 bits per heavy atom. The molecule has 1 aromatic heterocycles. The van der Waals surface area contributed by atoms with Gasteiger partial charge in [0.25, 0.3) is 5.91 Å². The van der Waals surface area contributed by atoms with Gasteiger partial charge in [-0.25, -0.2) is 0 Å². The average Bonchev–Trinajstić information content (AvgIpc) is 2.78. The van der Waals surface area contributed by atoms with Gasteiger partial charge in [-0.1, -0.05) is 0 Å². The highest BCUT2D eigenvalue weighted by Crippen LogP contribution is 2.04. The van der Waals surface area contributed by atoms with Crippen LogP contribution in [0, 0.1) is 0 Å². The third-order valence-corrected chi connectivity index (χ3v) is 3.24. The Kier molecular flexibility index (Phi) is 4.33. The van der Waals surface area contributed by atoms with Crippen LogP contribution < -0.4 is 5.32 Å². The third kappa shape index (κ3) is 3.08. The van der Waals surface area contributed by atoms with E-state index in [0.717, 1.165) is 26.3 Å². The number of nitrogens with zero attached hydrogens (tertiary/aromatic N) is 3. The number of aryl methyl sites for hydroxylation is 1. The first kappa shape index (κ1) is 13.0. The molecule has 0 radical (unpaired) electrons. The first-order chi connectivity index (χ1) is 8.68. The molecule has 2 rings (SSSR count). The van der Waals surface area contributed by atoms with Crippen molar-refractivity contribution in [2.24, 2.45) is 7.05 Å². The Morgan fingerprint density at radius 1 is 1.67 bits per heavy atom. The lowest BCUT2D eigenvalue weighted by Gasteiger charge is -2.33. The van der Waals surface area contributed by atoms with Gasteiger partial charge in [-0.3, -0.25) is 14.4 Å². The Hall–Kier alpha value is -1.40. The van der Waals surface area contributed by atoms with E-state index in [1.54, 1.807) is 24.0 Å². The quantitative estimate of drug-likeness (QED) is 0.811. The van der Waals surface area contributed by atoms with Crippen LogP contribution >= 0.6 is 0 Å². The SMILES string of the molecule is CC1COCCN1CCNC(=O)c1ccnn1C.